The van der Waals surface area contributed by atoms with Crippen molar-refractivity contribution in [3.05, 3.63) is 103 Å². The number of pyridine rings is 2. The van der Waals surface area contributed by atoms with Crippen LogP contribution in [0.5, 0.6) is 0 Å². The highest BCUT2D eigenvalue weighted by Crippen LogP contribution is 2.44. The molecule has 3 heteroatoms. The molecule has 4 heterocycles. The standard InChI is InChI=1S/C28H17N3/c1-3-16-29-22(12-1)18-8-6-14-24-26(18)20-10-5-11-21-27-19(23-13-2-4-17-30-23)9-7-15-25(27)31(24)28(20)21/h1-17H. The van der Waals surface area contributed by atoms with Crippen molar-refractivity contribution in [3.63, 3.8) is 0 Å². The summed E-state index contributed by atoms with van der Waals surface area (Å²) in [5.41, 5.74) is 8.03. The highest BCUT2D eigenvalue weighted by molar-refractivity contribution is 6.27. The summed E-state index contributed by atoms with van der Waals surface area (Å²) in [6, 6.07) is 31.9. The van der Waals surface area contributed by atoms with Gasteiger partial charge in [0.25, 0.3) is 0 Å². The van der Waals surface area contributed by atoms with E-state index in [1.807, 2.05) is 36.7 Å². The highest BCUT2D eigenvalue weighted by atomic mass is 14.9. The van der Waals surface area contributed by atoms with Crippen LogP contribution in [-0.2, 0) is 0 Å². The topological polar surface area (TPSA) is 30.2 Å². The van der Waals surface area contributed by atoms with Crippen molar-refractivity contribution in [3.8, 4) is 22.5 Å². The molecule has 0 fully saturated rings. The van der Waals surface area contributed by atoms with E-state index in [9.17, 15) is 0 Å². The van der Waals surface area contributed by atoms with Crippen LogP contribution in [0.3, 0.4) is 0 Å². The van der Waals surface area contributed by atoms with Gasteiger partial charge in [0.1, 0.15) is 0 Å². The van der Waals surface area contributed by atoms with E-state index < -0.39 is 0 Å². The average molecular weight is 395 g/mol. The fourth-order valence-electron chi connectivity index (χ4n) is 5.05. The molecule has 0 unspecified atom stereocenters. The molecule has 0 aliphatic carbocycles. The minimum atomic E-state index is 1.00. The van der Waals surface area contributed by atoms with Crippen molar-refractivity contribution in [2.75, 3.05) is 0 Å². The first-order valence-corrected chi connectivity index (χ1v) is 10.4. The number of hydrogen-bond acceptors (Lipinski definition) is 2. The van der Waals surface area contributed by atoms with E-state index in [-0.39, 0.29) is 0 Å². The lowest BCUT2D eigenvalue weighted by Gasteiger charge is -2.06. The third-order valence-corrected chi connectivity index (χ3v) is 6.25. The summed E-state index contributed by atoms with van der Waals surface area (Å²) in [7, 11) is 0. The Kier molecular flexibility index (Phi) is 3.27. The summed E-state index contributed by atoms with van der Waals surface area (Å²) >= 11 is 0. The van der Waals surface area contributed by atoms with E-state index >= 15 is 0 Å². The SMILES string of the molecule is c1ccc(-c2cccc3c2c2cccc4c5c(-c6ccccn6)cccc5n3c24)nc1. The fourth-order valence-corrected chi connectivity index (χ4v) is 5.05. The molecule has 0 saturated heterocycles. The van der Waals surface area contributed by atoms with Crippen molar-refractivity contribution in [1.82, 2.24) is 14.4 Å². The predicted octanol–water partition coefficient (Wildman–Crippen LogP) is 6.96. The molecule has 3 nitrogen and oxygen atoms in total. The van der Waals surface area contributed by atoms with E-state index in [1.54, 1.807) is 0 Å². The van der Waals surface area contributed by atoms with E-state index in [0.29, 0.717) is 0 Å². The van der Waals surface area contributed by atoms with Gasteiger partial charge < -0.3 is 4.40 Å². The van der Waals surface area contributed by atoms with Crippen LogP contribution in [-0.4, -0.2) is 14.4 Å². The second-order valence-corrected chi connectivity index (χ2v) is 7.87. The number of nitrogens with zero attached hydrogens (tertiary/aromatic N) is 3. The molecule has 0 aliphatic heterocycles. The molecular formula is C28H17N3. The molecule has 0 spiro atoms. The van der Waals surface area contributed by atoms with Crippen molar-refractivity contribution in [2.24, 2.45) is 0 Å². The molecule has 144 valence electrons. The summed E-state index contributed by atoms with van der Waals surface area (Å²) in [5, 5.41) is 5.03. The molecule has 7 rings (SSSR count). The molecule has 0 atom stereocenters. The third-order valence-electron chi connectivity index (χ3n) is 6.25. The maximum absolute atomic E-state index is 4.64. The van der Waals surface area contributed by atoms with Gasteiger partial charge in [-0.05, 0) is 36.4 Å². The highest BCUT2D eigenvalue weighted by Gasteiger charge is 2.21. The smallest absolute Gasteiger partial charge is 0.0708 e. The van der Waals surface area contributed by atoms with Gasteiger partial charge in [-0.15, -0.1) is 0 Å². The molecule has 7 aromatic rings. The lowest BCUT2D eigenvalue weighted by atomic mass is 9.99. The van der Waals surface area contributed by atoms with Crippen LogP contribution in [0.2, 0.25) is 0 Å². The summed E-state index contributed by atoms with van der Waals surface area (Å²) in [5.74, 6) is 0. The Balaban J connectivity index is 1.70. The van der Waals surface area contributed by atoms with Crippen LogP contribution in [0.4, 0.5) is 0 Å². The molecule has 0 radical (unpaired) electrons. The zero-order chi connectivity index (χ0) is 20.4. The quantitative estimate of drug-likeness (QED) is 0.317. The number of hydrogen-bond donors (Lipinski definition) is 0. The zero-order valence-electron chi connectivity index (χ0n) is 16.7. The first-order chi connectivity index (χ1) is 15.4. The molecular weight excluding hydrogens is 378 g/mol. The maximum atomic E-state index is 4.64. The molecule has 4 aromatic heterocycles. The fraction of sp³-hybridized carbons (Fsp3) is 0. The maximum Gasteiger partial charge on any atom is 0.0708 e. The predicted molar refractivity (Wildman–Crippen MR) is 128 cm³/mol. The van der Waals surface area contributed by atoms with Crippen LogP contribution in [0.25, 0.3) is 60.6 Å². The molecule has 31 heavy (non-hydrogen) atoms. The van der Waals surface area contributed by atoms with E-state index in [4.69, 9.17) is 0 Å². The van der Waals surface area contributed by atoms with Crippen LogP contribution in [0.15, 0.2) is 103 Å². The number of para-hydroxylation sites is 1. The Morgan fingerprint density at radius 3 is 1.48 bits per heavy atom. The second-order valence-electron chi connectivity index (χ2n) is 7.87. The van der Waals surface area contributed by atoms with Gasteiger partial charge in [-0.3, -0.25) is 9.97 Å². The minimum absolute atomic E-state index is 1.00. The van der Waals surface area contributed by atoms with Crippen LogP contribution in [0.1, 0.15) is 0 Å². The van der Waals surface area contributed by atoms with Gasteiger partial charge in [0, 0.05) is 45.1 Å². The van der Waals surface area contributed by atoms with Crippen LogP contribution in [0, 0.1) is 0 Å². The Labute approximate surface area is 178 Å². The van der Waals surface area contributed by atoms with Gasteiger partial charge in [-0.25, -0.2) is 0 Å². The summed E-state index contributed by atoms with van der Waals surface area (Å²) in [6.45, 7) is 0. The largest absolute Gasteiger partial charge is 0.308 e. The van der Waals surface area contributed by atoms with Crippen LogP contribution >= 0.6 is 0 Å². The van der Waals surface area contributed by atoms with Gasteiger partial charge in [0.15, 0.2) is 0 Å². The van der Waals surface area contributed by atoms with Gasteiger partial charge >= 0.3 is 0 Å². The molecule has 3 aromatic carbocycles. The summed E-state index contributed by atoms with van der Waals surface area (Å²) in [4.78, 5) is 9.27. The van der Waals surface area contributed by atoms with Crippen molar-refractivity contribution >= 4 is 38.1 Å². The monoisotopic (exact) mass is 395 g/mol. The number of fused-ring (bicyclic) bond motifs is 6. The second kappa shape index (κ2) is 6.13. The Hall–Kier alpha value is -4.24. The van der Waals surface area contributed by atoms with Gasteiger partial charge in [-0.2, -0.15) is 0 Å². The summed E-state index contributed by atoms with van der Waals surface area (Å²) < 4.78 is 2.41. The van der Waals surface area contributed by atoms with Crippen molar-refractivity contribution in [1.29, 1.82) is 0 Å². The molecule has 0 N–H and O–H groups in total. The van der Waals surface area contributed by atoms with Gasteiger partial charge in [0.2, 0.25) is 0 Å². The first-order valence-electron chi connectivity index (χ1n) is 10.4. The van der Waals surface area contributed by atoms with Crippen molar-refractivity contribution in [2.45, 2.75) is 0 Å². The van der Waals surface area contributed by atoms with Crippen LogP contribution < -0.4 is 0 Å². The Morgan fingerprint density at radius 2 is 1.00 bits per heavy atom. The molecule has 0 aliphatic rings. The van der Waals surface area contributed by atoms with E-state index in [1.165, 1.54) is 49.2 Å². The number of benzene rings is 3. The van der Waals surface area contributed by atoms with Crippen molar-refractivity contribution < 1.29 is 0 Å². The lowest BCUT2D eigenvalue weighted by molar-refractivity contribution is 1.33. The zero-order valence-corrected chi connectivity index (χ0v) is 16.7. The van der Waals surface area contributed by atoms with E-state index in [2.05, 4.69) is 81.1 Å². The molecule has 0 amide bonds. The van der Waals surface area contributed by atoms with Gasteiger partial charge in [-0.1, -0.05) is 54.6 Å². The molecule has 0 bridgehead atoms. The Morgan fingerprint density at radius 1 is 0.484 bits per heavy atom. The van der Waals surface area contributed by atoms with Gasteiger partial charge in [0.05, 0.1) is 27.9 Å². The molecule has 0 saturated carbocycles. The first kappa shape index (κ1) is 16.5. The summed E-state index contributed by atoms with van der Waals surface area (Å²) in [6.07, 6.45) is 3.72. The number of aromatic nitrogens is 3. The lowest BCUT2D eigenvalue weighted by Crippen LogP contribution is -1.86. The average Bonchev–Trinajstić information content (AvgIpc) is 3.37. The third kappa shape index (κ3) is 2.18. The minimum Gasteiger partial charge on any atom is -0.308 e. The number of rotatable bonds is 2. The Bertz CT molecular complexity index is 1590. The normalized spacial score (nSPS) is 11.9. The van der Waals surface area contributed by atoms with E-state index in [0.717, 1.165) is 11.4 Å².